The Morgan fingerprint density at radius 3 is 2.92 bits per heavy atom. The van der Waals surface area contributed by atoms with Gasteiger partial charge in [0.1, 0.15) is 0 Å². The Labute approximate surface area is 80.2 Å². The SMILES string of the molecule is NC1CCN(CCC2CCOC2)C1. The van der Waals surface area contributed by atoms with Crippen molar-refractivity contribution in [2.75, 3.05) is 32.8 Å². The monoisotopic (exact) mass is 184 g/mol. The Kier molecular flexibility index (Phi) is 3.19. The molecule has 0 aromatic heterocycles. The fourth-order valence-electron chi connectivity index (χ4n) is 2.24. The molecule has 0 spiro atoms. The summed E-state index contributed by atoms with van der Waals surface area (Å²) in [7, 11) is 0. The van der Waals surface area contributed by atoms with Crippen molar-refractivity contribution in [1.82, 2.24) is 4.90 Å². The van der Waals surface area contributed by atoms with Crippen molar-refractivity contribution in [2.24, 2.45) is 11.7 Å². The molecule has 2 fully saturated rings. The molecule has 2 aliphatic rings. The van der Waals surface area contributed by atoms with E-state index in [1.165, 1.54) is 32.4 Å². The van der Waals surface area contributed by atoms with Gasteiger partial charge in [0.15, 0.2) is 0 Å². The molecule has 0 aromatic rings. The highest BCUT2D eigenvalue weighted by molar-refractivity contribution is 4.78. The van der Waals surface area contributed by atoms with Crippen LogP contribution in [-0.4, -0.2) is 43.8 Å². The summed E-state index contributed by atoms with van der Waals surface area (Å²) in [5.41, 5.74) is 5.84. The number of nitrogens with zero attached hydrogens (tertiary/aromatic N) is 1. The summed E-state index contributed by atoms with van der Waals surface area (Å²) < 4.78 is 5.35. The average Bonchev–Trinajstić information content (AvgIpc) is 2.71. The fraction of sp³-hybridized carbons (Fsp3) is 1.00. The van der Waals surface area contributed by atoms with Crippen LogP contribution in [0.1, 0.15) is 19.3 Å². The molecule has 0 aromatic carbocycles. The molecule has 2 N–H and O–H groups in total. The lowest BCUT2D eigenvalue weighted by atomic mass is 10.1. The van der Waals surface area contributed by atoms with Crippen LogP contribution >= 0.6 is 0 Å². The lowest BCUT2D eigenvalue weighted by Gasteiger charge is -2.16. The highest BCUT2D eigenvalue weighted by atomic mass is 16.5. The van der Waals surface area contributed by atoms with Crippen LogP contribution < -0.4 is 5.73 Å². The summed E-state index contributed by atoms with van der Waals surface area (Å²) in [6, 6.07) is 0.430. The normalized spacial score (nSPS) is 35.8. The van der Waals surface area contributed by atoms with E-state index in [4.69, 9.17) is 10.5 Å². The maximum absolute atomic E-state index is 5.84. The largest absolute Gasteiger partial charge is 0.381 e. The number of hydrogen-bond donors (Lipinski definition) is 1. The fourth-order valence-corrected chi connectivity index (χ4v) is 2.24. The molecule has 0 saturated carbocycles. The van der Waals surface area contributed by atoms with Crippen LogP contribution in [0.15, 0.2) is 0 Å². The van der Waals surface area contributed by atoms with Crippen molar-refractivity contribution in [3.63, 3.8) is 0 Å². The third-order valence-corrected chi connectivity index (χ3v) is 3.19. The molecule has 13 heavy (non-hydrogen) atoms. The van der Waals surface area contributed by atoms with Gasteiger partial charge in [0.2, 0.25) is 0 Å². The van der Waals surface area contributed by atoms with E-state index >= 15 is 0 Å². The molecule has 0 amide bonds. The van der Waals surface area contributed by atoms with Gasteiger partial charge in [-0.15, -0.1) is 0 Å². The second kappa shape index (κ2) is 4.40. The Hall–Kier alpha value is -0.120. The van der Waals surface area contributed by atoms with Crippen molar-refractivity contribution < 1.29 is 4.74 Å². The molecule has 2 rings (SSSR count). The highest BCUT2D eigenvalue weighted by Gasteiger charge is 2.21. The third kappa shape index (κ3) is 2.66. The van der Waals surface area contributed by atoms with Crippen LogP contribution in [0.3, 0.4) is 0 Å². The molecule has 2 saturated heterocycles. The van der Waals surface area contributed by atoms with Gasteiger partial charge >= 0.3 is 0 Å². The maximum atomic E-state index is 5.84. The van der Waals surface area contributed by atoms with Crippen LogP contribution in [0.25, 0.3) is 0 Å². The zero-order chi connectivity index (χ0) is 9.10. The predicted octanol–water partition coefficient (Wildman–Crippen LogP) is 0.446. The van der Waals surface area contributed by atoms with Crippen molar-refractivity contribution in [2.45, 2.75) is 25.3 Å². The van der Waals surface area contributed by atoms with Crippen molar-refractivity contribution in [3.8, 4) is 0 Å². The van der Waals surface area contributed by atoms with Gasteiger partial charge in [0.05, 0.1) is 0 Å². The topological polar surface area (TPSA) is 38.5 Å². The third-order valence-electron chi connectivity index (χ3n) is 3.19. The molecule has 0 bridgehead atoms. The van der Waals surface area contributed by atoms with Crippen molar-refractivity contribution >= 4 is 0 Å². The van der Waals surface area contributed by atoms with Gasteiger partial charge in [-0.1, -0.05) is 0 Å². The predicted molar refractivity (Wildman–Crippen MR) is 52.6 cm³/mol. The average molecular weight is 184 g/mol. The van der Waals surface area contributed by atoms with Crippen LogP contribution in [0.2, 0.25) is 0 Å². The molecule has 0 radical (unpaired) electrons. The molecule has 2 heterocycles. The van der Waals surface area contributed by atoms with Gasteiger partial charge in [0, 0.05) is 25.8 Å². The van der Waals surface area contributed by atoms with Crippen LogP contribution in [0, 0.1) is 5.92 Å². The van der Waals surface area contributed by atoms with Gasteiger partial charge in [-0.25, -0.2) is 0 Å². The number of ether oxygens (including phenoxy) is 1. The Morgan fingerprint density at radius 1 is 1.38 bits per heavy atom. The quantitative estimate of drug-likeness (QED) is 0.692. The van der Waals surface area contributed by atoms with E-state index in [1.807, 2.05) is 0 Å². The molecular weight excluding hydrogens is 164 g/mol. The van der Waals surface area contributed by atoms with Crippen LogP contribution in [0.4, 0.5) is 0 Å². The summed E-state index contributed by atoms with van der Waals surface area (Å²) in [5.74, 6) is 0.817. The highest BCUT2D eigenvalue weighted by Crippen LogP contribution is 2.18. The van der Waals surface area contributed by atoms with Gasteiger partial charge in [-0.05, 0) is 38.3 Å². The van der Waals surface area contributed by atoms with E-state index in [-0.39, 0.29) is 0 Å². The molecule has 2 unspecified atom stereocenters. The summed E-state index contributed by atoms with van der Waals surface area (Å²) in [5, 5.41) is 0. The van der Waals surface area contributed by atoms with E-state index in [9.17, 15) is 0 Å². The molecule has 3 nitrogen and oxygen atoms in total. The molecule has 2 aliphatic heterocycles. The minimum absolute atomic E-state index is 0.430. The van der Waals surface area contributed by atoms with Crippen LogP contribution in [-0.2, 0) is 4.74 Å². The summed E-state index contributed by atoms with van der Waals surface area (Å²) >= 11 is 0. The van der Waals surface area contributed by atoms with Crippen molar-refractivity contribution in [3.05, 3.63) is 0 Å². The standard InChI is InChI=1S/C10H20N2O/c11-10-2-5-12(7-10)4-1-9-3-6-13-8-9/h9-10H,1-8,11H2. The minimum Gasteiger partial charge on any atom is -0.381 e. The lowest BCUT2D eigenvalue weighted by molar-refractivity contribution is 0.180. The lowest BCUT2D eigenvalue weighted by Crippen LogP contribution is -2.28. The first-order chi connectivity index (χ1) is 6.34. The zero-order valence-electron chi connectivity index (χ0n) is 8.24. The molecule has 3 heteroatoms. The number of hydrogen-bond acceptors (Lipinski definition) is 3. The molecule has 76 valence electrons. The summed E-state index contributed by atoms with van der Waals surface area (Å²) in [6.07, 6.45) is 3.74. The van der Waals surface area contributed by atoms with Gasteiger partial charge in [0.25, 0.3) is 0 Å². The van der Waals surface area contributed by atoms with Gasteiger partial charge in [-0.3, -0.25) is 0 Å². The second-order valence-electron chi connectivity index (χ2n) is 4.37. The minimum atomic E-state index is 0.430. The molecule has 2 atom stereocenters. The van der Waals surface area contributed by atoms with Crippen molar-refractivity contribution in [1.29, 1.82) is 0 Å². The second-order valence-corrected chi connectivity index (χ2v) is 4.37. The van der Waals surface area contributed by atoms with Crippen LogP contribution in [0.5, 0.6) is 0 Å². The molecular formula is C10H20N2O. The zero-order valence-corrected chi connectivity index (χ0v) is 8.24. The number of nitrogens with two attached hydrogens (primary N) is 1. The van der Waals surface area contributed by atoms with E-state index in [2.05, 4.69) is 4.90 Å². The molecule has 0 aliphatic carbocycles. The summed E-state index contributed by atoms with van der Waals surface area (Å²) in [6.45, 7) is 5.49. The van der Waals surface area contributed by atoms with Gasteiger partial charge < -0.3 is 15.4 Å². The first-order valence-electron chi connectivity index (χ1n) is 5.40. The Balaban J connectivity index is 1.62. The maximum Gasteiger partial charge on any atom is 0.0495 e. The smallest absolute Gasteiger partial charge is 0.0495 e. The van der Waals surface area contributed by atoms with E-state index in [1.54, 1.807) is 0 Å². The number of rotatable bonds is 3. The first-order valence-corrected chi connectivity index (χ1v) is 5.40. The van der Waals surface area contributed by atoms with E-state index in [0.29, 0.717) is 6.04 Å². The first kappa shape index (κ1) is 9.44. The number of likely N-dealkylation sites (tertiary alicyclic amines) is 1. The van der Waals surface area contributed by atoms with Gasteiger partial charge in [-0.2, -0.15) is 0 Å². The van der Waals surface area contributed by atoms with E-state index < -0.39 is 0 Å². The Bertz CT molecular complexity index is 157. The Morgan fingerprint density at radius 2 is 2.31 bits per heavy atom. The van der Waals surface area contributed by atoms with E-state index in [0.717, 1.165) is 25.7 Å². The summed E-state index contributed by atoms with van der Waals surface area (Å²) in [4.78, 5) is 2.49.